The molecule has 3 aromatic heterocycles. The van der Waals surface area contributed by atoms with Gasteiger partial charge in [0, 0.05) is 24.2 Å². The van der Waals surface area contributed by atoms with E-state index in [0.29, 0.717) is 6.04 Å². The Morgan fingerprint density at radius 2 is 2.20 bits per heavy atom. The molecule has 4 heteroatoms. The largest absolute Gasteiger partial charge is 0.309 e. The molecule has 0 radical (unpaired) electrons. The highest BCUT2D eigenvalue weighted by atomic mass is 15.0. The average molecular weight is 264 g/mol. The van der Waals surface area contributed by atoms with Crippen molar-refractivity contribution in [1.82, 2.24) is 19.7 Å². The number of pyridine rings is 2. The number of aromatic nitrogens is 3. The van der Waals surface area contributed by atoms with Crippen LogP contribution in [0.15, 0.2) is 49.2 Å². The SMILES string of the molecule is c1cncc(-c2ccc3c([C@@H]4CCCN4)ncn3c2)c1. The van der Waals surface area contributed by atoms with Gasteiger partial charge in [-0.15, -0.1) is 0 Å². The zero-order chi connectivity index (χ0) is 13.4. The van der Waals surface area contributed by atoms with Gasteiger partial charge in [0.15, 0.2) is 0 Å². The van der Waals surface area contributed by atoms with E-state index in [1.165, 1.54) is 24.1 Å². The van der Waals surface area contributed by atoms with Crippen LogP contribution in [-0.4, -0.2) is 20.9 Å². The van der Waals surface area contributed by atoms with Crippen LogP contribution in [0.25, 0.3) is 16.6 Å². The van der Waals surface area contributed by atoms with E-state index in [1.807, 2.05) is 18.6 Å². The summed E-state index contributed by atoms with van der Waals surface area (Å²) < 4.78 is 2.11. The first-order chi connectivity index (χ1) is 9.92. The van der Waals surface area contributed by atoms with Gasteiger partial charge in [0.05, 0.1) is 23.6 Å². The summed E-state index contributed by atoms with van der Waals surface area (Å²) in [6.07, 6.45) is 10.1. The second-order valence-electron chi connectivity index (χ2n) is 5.23. The van der Waals surface area contributed by atoms with Crippen LogP contribution in [0.4, 0.5) is 0 Å². The van der Waals surface area contributed by atoms with Crippen molar-refractivity contribution in [3.05, 3.63) is 54.9 Å². The lowest BCUT2D eigenvalue weighted by molar-refractivity contribution is 0.636. The molecule has 0 unspecified atom stereocenters. The van der Waals surface area contributed by atoms with E-state index in [9.17, 15) is 0 Å². The third kappa shape index (κ3) is 1.89. The molecule has 1 saturated heterocycles. The average Bonchev–Trinajstić information content (AvgIpc) is 3.16. The van der Waals surface area contributed by atoms with Gasteiger partial charge in [-0.25, -0.2) is 4.98 Å². The van der Waals surface area contributed by atoms with Crippen molar-refractivity contribution in [3.8, 4) is 11.1 Å². The lowest BCUT2D eigenvalue weighted by Crippen LogP contribution is -2.13. The molecule has 1 fully saturated rings. The first-order valence-corrected chi connectivity index (χ1v) is 7.02. The molecule has 3 aromatic rings. The second kappa shape index (κ2) is 4.72. The predicted octanol–water partition coefficient (Wildman–Crippen LogP) is 2.82. The smallest absolute Gasteiger partial charge is 0.0996 e. The first-order valence-electron chi connectivity index (χ1n) is 7.02. The summed E-state index contributed by atoms with van der Waals surface area (Å²) in [5.74, 6) is 0. The Bertz CT molecular complexity index is 727. The molecule has 4 rings (SSSR count). The van der Waals surface area contributed by atoms with E-state index < -0.39 is 0 Å². The van der Waals surface area contributed by atoms with Crippen LogP contribution in [0.1, 0.15) is 24.6 Å². The van der Waals surface area contributed by atoms with Crippen molar-refractivity contribution in [2.45, 2.75) is 18.9 Å². The third-order valence-corrected chi connectivity index (χ3v) is 3.95. The summed E-state index contributed by atoms with van der Waals surface area (Å²) in [5.41, 5.74) is 4.65. The Hall–Kier alpha value is -2.20. The van der Waals surface area contributed by atoms with Crippen LogP contribution in [0.3, 0.4) is 0 Å². The maximum absolute atomic E-state index is 4.60. The normalized spacial score (nSPS) is 18.7. The van der Waals surface area contributed by atoms with E-state index in [-0.39, 0.29) is 0 Å². The number of hydrogen-bond acceptors (Lipinski definition) is 3. The topological polar surface area (TPSA) is 42.2 Å². The molecule has 1 N–H and O–H groups in total. The Balaban J connectivity index is 1.78. The quantitative estimate of drug-likeness (QED) is 0.774. The zero-order valence-corrected chi connectivity index (χ0v) is 11.2. The highest BCUT2D eigenvalue weighted by Crippen LogP contribution is 2.27. The lowest BCUT2D eigenvalue weighted by atomic mass is 10.1. The van der Waals surface area contributed by atoms with Gasteiger partial charge in [-0.1, -0.05) is 12.1 Å². The molecule has 4 nitrogen and oxygen atoms in total. The predicted molar refractivity (Wildman–Crippen MR) is 78.4 cm³/mol. The van der Waals surface area contributed by atoms with E-state index >= 15 is 0 Å². The fourth-order valence-corrected chi connectivity index (χ4v) is 2.91. The molecule has 1 aliphatic rings. The number of nitrogens with one attached hydrogen (secondary N) is 1. The van der Waals surface area contributed by atoms with E-state index in [0.717, 1.165) is 17.7 Å². The molecule has 20 heavy (non-hydrogen) atoms. The summed E-state index contributed by atoms with van der Waals surface area (Å²) in [6.45, 7) is 1.09. The van der Waals surface area contributed by atoms with Crippen molar-refractivity contribution >= 4 is 5.52 Å². The fourth-order valence-electron chi connectivity index (χ4n) is 2.91. The van der Waals surface area contributed by atoms with E-state index in [2.05, 4.69) is 44.1 Å². The van der Waals surface area contributed by atoms with Crippen molar-refractivity contribution < 1.29 is 0 Å². The fraction of sp³-hybridized carbons (Fsp3) is 0.250. The van der Waals surface area contributed by atoms with Gasteiger partial charge in [-0.3, -0.25) is 4.98 Å². The van der Waals surface area contributed by atoms with Gasteiger partial charge >= 0.3 is 0 Å². The number of nitrogens with zero attached hydrogens (tertiary/aromatic N) is 3. The molecule has 1 aliphatic heterocycles. The molecule has 1 atom stereocenters. The molecule has 0 aliphatic carbocycles. The molecule has 0 saturated carbocycles. The van der Waals surface area contributed by atoms with Crippen LogP contribution >= 0.6 is 0 Å². The van der Waals surface area contributed by atoms with Crippen LogP contribution < -0.4 is 5.32 Å². The van der Waals surface area contributed by atoms with Crippen LogP contribution in [0.5, 0.6) is 0 Å². The number of imidazole rings is 1. The molecule has 0 aromatic carbocycles. The minimum atomic E-state index is 0.407. The van der Waals surface area contributed by atoms with Crippen molar-refractivity contribution in [2.24, 2.45) is 0 Å². The number of rotatable bonds is 2. The van der Waals surface area contributed by atoms with E-state index in [4.69, 9.17) is 0 Å². The number of hydrogen-bond donors (Lipinski definition) is 1. The van der Waals surface area contributed by atoms with Crippen LogP contribution in [0.2, 0.25) is 0 Å². The summed E-state index contributed by atoms with van der Waals surface area (Å²) in [4.78, 5) is 8.77. The Kier molecular flexibility index (Phi) is 2.74. The lowest BCUT2D eigenvalue weighted by Gasteiger charge is -2.08. The van der Waals surface area contributed by atoms with Crippen LogP contribution in [0, 0.1) is 0 Å². The third-order valence-electron chi connectivity index (χ3n) is 3.95. The standard InChI is InChI=1S/C16H16N4/c1-3-12(9-17-7-1)13-5-6-15-16(14-4-2-8-18-14)19-11-20(15)10-13/h1,3,5-7,9-11,14,18H,2,4,8H2/t14-/m0/s1. The van der Waals surface area contributed by atoms with Gasteiger partial charge in [0.2, 0.25) is 0 Å². The molecule has 4 heterocycles. The molecule has 0 bridgehead atoms. The summed E-state index contributed by atoms with van der Waals surface area (Å²) in [7, 11) is 0. The highest BCUT2D eigenvalue weighted by Gasteiger charge is 2.20. The minimum absolute atomic E-state index is 0.407. The molecule has 100 valence electrons. The molecule has 0 spiro atoms. The monoisotopic (exact) mass is 264 g/mol. The first kappa shape index (κ1) is 11.6. The minimum Gasteiger partial charge on any atom is -0.309 e. The van der Waals surface area contributed by atoms with Gasteiger partial charge in [-0.05, 0) is 37.1 Å². The van der Waals surface area contributed by atoms with Gasteiger partial charge in [0.25, 0.3) is 0 Å². The van der Waals surface area contributed by atoms with Gasteiger partial charge < -0.3 is 9.72 Å². The molecular weight excluding hydrogens is 248 g/mol. The summed E-state index contributed by atoms with van der Waals surface area (Å²) >= 11 is 0. The Morgan fingerprint density at radius 1 is 1.20 bits per heavy atom. The van der Waals surface area contributed by atoms with Gasteiger partial charge in [0.1, 0.15) is 0 Å². The highest BCUT2D eigenvalue weighted by molar-refractivity contribution is 5.66. The summed E-state index contributed by atoms with van der Waals surface area (Å²) in [5, 5.41) is 3.51. The zero-order valence-electron chi connectivity index (χ0n) is 11.2. The maximum Gasteiger partial charge on any atom is 0.0996 e. The van der Waals surface area contributed by atoms with Crippen molar-refractivity contribution in [1.29, 1.82) is 0 Å². The summed E-state index contributed by atoms with van der Waals surface area (Å²) in [6, 6.07) is 8.74. The second-order valence-corrected chi connectivity index (χ2v) is 5.23. The Morgan fingerprint density at radius 3 is 3.00 bits per heavy atom. The van der Waals surface area contributed by atoms with Crippen molar-refractivity contribution in [2.75, 3.05) is 6.54 Å². The maximum atomic E-state index is 4.60. The number of fused-ring (bicyclic) bond motifs is 1. The van der Waals surface area contributed by atoms with Gasteiger partial charge in [-0.2, -0.15) is 0 Å². The molecular formula is C16H16N4. The van der Waals surface area contributed by atoms with Crippen molar-refractivity contribution in [3.63, 3.8) is 0 Å². The Labute approximate surface area is 117 Å². The molecule has 0 amide bonds. The van der Waals surface area contributed by atoms with E-state index in [1.54, 1.807) is 6.20 Å². The van der Waals surface area contributed by atoms with Crippen LogP contribution in [-0.2, 0) is 0 Å².